The van der Waals surface area contributed by atoms with Gasteiger partial charge in [-0.1, -0.05) is 24.6 Å². The molecule has 2 aliphatic heterocycles. The molecule has 0 bridgehead atoms. The summed E-state index contributed by atoms with van der Waals surface area (Å²) < 4.78 is 54.3. The fourth-order valence-electron chi connectivity index (χ4n) is 4.24. The van der Waals surface area contributed by atoms with E-state index < -0.39 is 25.0 Å². The van der Waals surface area contributed by atoms with Gasteiger partial charge in [-0.2, -0.15) is 8.61 Å². The molecule has 2 aliphatic rings. The average Bonchev–Trinajstić information content (AvgIpc) is 2.85. The maximum Gasteiger partial charge on any atom is 0.293 e. The van der Waals surface area contributed by atoms with Gasteiger partial charge >= 0.3 is 0 Å². The van der Waals surface area contributed by atoms with E-state index in [0.717, 1.165) is 25.3 Å². The Morgan fingerprint density at radius 3 is 1.88 bits per heavy atom. The SMILES string of the molecule is O=[N+]([O-])c1cc(S(=O)(=O)N2CCCCC2)ccc1N1CCN(S(=O)(=O)c2ccccc2)CC1. The fourth-order valence-corrected chi connectivity index (χ4v) is 7.22. The van der Waals surface area contributed by atoms with Gasteiger partial charge < -0.3 is 4.90 Å². The Morgan fingerprint density at radius 2 is 1.27 bits per heavy atom. The van der Waals surface area contributed by atoms with Crippen molar-refractivity contribution in [3.8, 4) is 0 Å². The predicted molar refractivity (Wildman–Crippen MR) is 123 cm³/mol. The van der Waals surface area contributed by atoms with Crippen molar-refractivity contribution < 1.29 is 21.8 Å². The van der Waals surface area contributed by atoms with Crippen molar-refractivity contribution in [1.29, 1.82) is 0 Å². The minimum absolute atomic E-state index is 0.0925. The van der Waals surface area contributed by atoms with Crippen LogP contribution in [0.3, 0.4) is 0 Å². The number of nitro groups is 1. The van der Waals surface area contributed by atoms with Gasteiger partial charge in [-0.15, -0.1) is 0 Å². The number of anilines is 1. The van der Waals surface area contributed by atoms with Crippen molar-refractivity contribution in [3.63, 3.8) is 0 Å². The van der Waals surface area contributed by atoms with Gasteiger partial charge in [0.1, 0.15) is 5.69 Å². The van der Waals surface area contributed by atoms with Gasteiger partial charge in [0, 0.05) is 45.3 Å². The third-order valence-electron chi connectivity index (χ3n) is 6.06. The Balaban J connectivity index is 1.55. The first kappa shape index (κ1) is 23.6. The minimum Gasteiger partial charge on any atom is -0.363 e. The van der Waals surface area contributed by atoms with Crippen LogP contribution in [0.2, 0.25) is 0 Å². The smallest absolute Gasteiger partial charge is 0.293 e. The van der Waals surface area contributed by atoms with Crippen molar-refractivity contribution in [1.82, 2.24) is 8.61 Å². The third kappa shape index (κ3) is 4.74. The molecule has 2 fully saturated rings. The van der Waals surface area contributed by atoms with Gasteiger partial charge in [-0.3, -0.25) is 10.1 Å². The lowest BCUT2D eigenvalue weighted by atomic mass is 10.2. The molecule has 0 aliphatic carbocycles. The molecular formula is C21H26N4O6S2. The molecule has 178 valence electrons. The molecule has 0 unspecified atom stereocenters. The Bertz CT molecular complexity index is 1220. The summed E-state index contributed by atoms with van der Waals surface area (Å²) in [6, 6.07) is 12.1. The number of piperazine rings is 1. The second-order valence-electron chi connectivity index (χ2n) is 8.08. The van der Waals surface area contributed by atoms with Crippen LogP contribution < -0.4 is 4.90 Å². The van der Waals surface area contributed by atoms with E-state index >= 15 is 0 Å². The van der Waals surface area contributed by atoms with Crippen LogP contribution >= 0.6 is 0 Å². The van der Waals surface area contributed by atoms with Crippen LogP contribution in [0.15, 0.2) is 58.3 Å². The molecule has 12 heteroatoms. The highest BCUT2D eigenvalue weighted by Gasteiger charge is 2.33. The van der Waals surface area contributed by atoms with E-state index in [2.05, 4.69) is 0 Å². The maximum absolute atomic E-state index is 13.0. The summed E-state index contributed by atoms with van der Waals surface area (Å²) in [5.41, 5.74) is -0.0122. The van der Waals surface area contributed by atoms with Crippen molar-refractivity contribution >= 4 is 31.4 Å². The highest BCUT2D eigenvalue weighted by Crippen LogP contribution is 2.33. The van der Waals surface area contributed by atoms with E-state index in [1.807, 2.05) is 0 Å². The van der Waals surface area contributed by atoms with Crippen LogP contribution in [-0.2, 0) is 20.0 Å². The van der Waals surface area contributed by atoms with E-state index in [-0.39, 0.29) is 47.3 Å². The number of sulfonamides is 2. The van der Waals surface area contributed by atoms with Crippen molar-refractivity contribution in [3.05, 3.63) is 58.6 Å². The Labute approximate surface area is 193 Å². The Hall–Kier alpha value is -2.54. The molecule has 0 amide bonds. The minimum atomic E-state index is -3.80. The molecule has 2 aromatic carbocycles. The van der Waals surface area contributed by atoms with E-state index in [9.17, 15) is 26.9 Å². The number of benzene rings is 2. The molecule has 0 atom stereocenters. The first-order chi connectivity index (χ1) is 15.7. The molecular weight excluding hydrogens is 468 g/mol. The molecule has 0 radical (unpaired) electrons. The lowest BCUT2D eigenvalue weighted by Gasteiger charge is -2.35. The normalized spacial score (nSPS) is 18.8. The lowest BCUT2D eigenvalue weighted by Crippen LogP contribution is -2.48. The number of nitro benzene ring substituents is 1. The Morgan fingerprint density at radius 1 is 0.697 bits per heavy atom. The zero-order valence-electron chi connectivity index (χ0n) is 18.0. The van der Waals surface area contributed by atoms with E-state index in [1.165, 1.54) is 32.9 Å². The van der Waals surface area contributed by atoms with Crippen molar-refractivity contribution in [2.24, 2.45) is 0 Å². The molecule has 0 N–H and O–H groups in total. The van der Waals surface area contributed by atoms with E-state index in [1.54, 1.807) is 23.1 Å². The zero-order valence-corrected chi connectivity index (χ0v) is 19.7. The molecule has 0 aromatic heterocycles. The van der Waals surface area contributed by atoms with Crippen LogP contribution in [0.25, 0.3) is 0 Å². The Kier molecular flexibility index (Phi) is 6.71. The van der Waals surface area contributed by atoms with Crippen LogP contribution in [0, 0.1) is 10.1 Å². The standard InChI is InChI=1S/C21H26N4O6S2/c26-25(27)21-17-19(33(30,31)23-11-5-2-6-12-23)9-10-20(21)22-13-15-24(16-14-22)32(28,29)18-7-3-1-4-8-18/h1,3-4,7-10,17H,2,5-6,11-16H2. The van der Waals surface area contributed by atoms with Gasteiger partial charge in [0.15, 0.2) is 0 Å². The maximum atomic E-state index is 13.0. The second kappa shape index (κ2) is 9.37. The molecule has 0 saturated carbocycles. The van der Waals surface area contributed by atoms with Gasteiger partial charge in [-0.25, -0.2) is 16.8 Å². The van der Waals surface area contributed by atoms with Crippen molar-refractivity contribution in [2.75, 3.05) is 44.2 Å². The fraction of sp³-hybridized carbons (Fsp3) is 0.429. The van der Waals surface area contributed by atoms with Crippen LogP contribution in [-0.4, -0.2) is 69.6 Å². The molecule has 10 nitrogen and oxygen atoms in total. The number of hydrogen-bond donors (Lipinski definition) is 0. The summed E-state index contributed by atoms with van der Waals surface area (Å²) >= 11 is 0. The van der Waals surface area contributed by atoms with Crippen molar-refractivity contribution in [2.45, 2.75) is 29.1 Å². The van der Waals surface area contributed by atoms with Gasteiger partial charge in [-0.05, 0) is 37.1 Å². The average molecular weight is 495 g/mol. The highest BCUT2D eigenvalue weighted by molar-refractivity contribution is 7.89. The van der Waals surface area contributed by atoms with Gasteiger partial charge in [0.05, 0.1) is 14.7 Å². The van der Waals surface area contributed by atoms with Crippen LogP contribution in [0.4, 0.5) is 11.4 Å². The van der Waals surface area contributed by atoms with Crippen LogP contribution in [0.5, 0.6) is 0 Å². The lowest BCUT2D eigenvalue weighted by molar-refractivity contribution is -0.384. The summed E-state index contributed by atoms with van der Waals surface area (Å²) in [6.45, 7) is 1.67. The summed E-state index contributed by atoms with van der Waals surface area (Å²) in [4.78, 5) is 13.0. The van der Waals surface area contributed by atoms with Crippen LogP contribution in [0.1, 0.15) is 19.3 Å². The molecule has 0 spiro atoms. The largest absolute Gasteiger partial charge is 0.363 e. The van der Waals surface area contributed by atoms with Gasteiger partial charge in [0.25, 0.3) is 5.69 Å². The second-order valence-corrected chi connectivity index (χ2v) is 12.0. The summed E-state index contributed by atoms with van der Waals surface area (Å²) in [7, 11) is -7.45. The molecule has 2 aromatic rings. The number of rotatable bonds is 6. The predicted octanol–water partition coefficient (Wildman–Crippen LogP) is 2.28. The first-order valence-electron chi connectivity index (χ1n) is 10.8. The number of nitrogens with zero attached hydrogens (tertiary/aromatic N) is 4. The first-order valence-corrected chi connectivity index (χ1v) is 13.7. The third-order valence-corrected chi connectivity index (χ3v) is 9.86. The zero-order chi connectivity index (χ0) is 23.6. The molecule has 2 heterocycles. The van der Waals surface area contributed by atoms with Gasteiger partial charge in [0.2, 0.25) is 20.0 Å². The van der Waals surface area contributed by atoms with E-state index in [4.69, 9.17) is 0 Å². The van der Waals surface area contributed by atoms with E-state index in [0.29, 0.717) is 13.1 Å². The summed E-state index contributed by atoms with van der Waals surface area (Å²) in [5, 5.41) is 11.8. The molecule has 33 heavy (non-hydrogen) atoms. The summed E-state index contributed by atoms with van der Waals surface area (Å²) in [5.74, 6) is 0. The molecule has 2 saturated heterocycles. The number of hydrogen-bond acceptors (Lipinski definition) is 7. The number of piperidine rings is 1. The quantitative estimate of drug-likeness (QED) is 0.446. The monoisotopic (exact) mass is 494 g/mol. The molecule has 4 rings (SSSR count). The topological polar surface area (TPSA) is 121 Å². The highest BCUT2D eigenvalue weighted by atomic mass is 32.2. The summed E-state index contributed by atoms with van der Waals surface area (Å²) in [6.07, 6.45) is 2.52.